The molecule has 0 saturated carbocycles. The smallest absolute Gasteiger partial charge is 0.337 e. The Labute approximate surface area is 107 Å². The van der Waals surface area contributed by atoms with Crippen LogP contribution in [0.4, 0.5) is 10.1 Å². The second kappa shape index (κ2) is 5.80. The molecule has 1 aromatic rings. The lowest BCUT2D eigenvalue weighted by atomic mass is 10.1. The molecule has 0 spiro atoms. The Kier molecular flexibility index (Phi) is 4.41. The lowest BCUT2D eigenvalue weighted by Gasteiger charge is -2.23. The molecule has 0 bridgehead atoms. The third-order valence-electron chi connectivity index (χ3n) is 2.23. The largest absolute Gasteiger partial charge is 0.478 e. The van der Waals surface area contributed by atoms with Gasteiger partial charge in [-0.2, -0.15) is 0 Å². The number of primary amides is 2. The molecule has 102 valence electrons. The number of carbonyl (C=O) groups is 3. The van der Waals surface area contributed by atoms with Crippen molar-refractivity contribution in [1.82, 2.24) is 0 Å². The van der Waals surface area contributed by atoms with Crippen LogP contribution in [-0.4, -0.2) is 36.0 Å². The fraction of sp³-hybridized carbons (Fsp3) is 0.182. The van der Waals surface area contributed by atoms with Crippen LogP contribution < -0.4 is 16.4 Å². The summed E-state index contributed by atoms with van der Waals surface area (Å²) in [4.78, 5) is 33.7. The summed E-state index contributed by atoms with van der Waals surface area (Å²) in [6.45, 7) is -1.05. The fourth-order valence-corrected chi connectivity index (χ4v) is 1.60. The number of nitrogens with two attached hydrogens (primary N) is 2. The molecule has 2 amide bonds. The number of anilines is 1. The molecule has 7 nitrogen and oxygen atoms in total. The molecule has 0 heterocycles. The second-order valence-electron chi connectivity index (χ2n) is 3.73. The van der Waals surface area contributed by atoms with E-state index in [1.165, 1.54) is 6.07 Å². The van der Waals surface area contributed by atoms with Gasteiger partial charge in [-0.05, 0) is 12.1 Å². The average molecular weight is 269 g/mol. The van der Waals surface area contributed by atoms with E-state index >= 15 is 0 Å². The van der Waals surface area contributed by atoms with Gasteiger partial charge in [-0.3, -0.25) is 9.59 Å². The van der Waals surface area contributed by atoms with Crippen LogP contribution in [0.1, 0.15) is 10.4 Å². The molecule has 8 heteroatoms. The number of nitrogens with zero attached hydrogens (tertiary/aromatic N) is 1. The molecule has 0 radical (unpaired) electrons. The number of benzene rings is 1. The van der Waals surface area contributed by atoms with E-state index in [1.54, 1.807) is 0 Å². The van der Waals surface area contributed by atoms with Gasteiger partial charge in [-0.15, -0.1) is 0 Å². The fourth-order valence-electron chi connectivity index (χ4n) is 1.60. The van der Waals surface area contributed by atoms with E-state index in [1.807, 2.05) is 0 Å². The average Bonchev–Trinajstić information content (AvgIpc) is 2.26. The summed E-state index contributed by atoms with van der Waals surface area (Å²) >= 11 is 0. The molecule has 0 unspecified atom stereocenters. The van der Waals surface area contributed by atoms with Gasteiger partial charge in [0.2, 0.25) is 11.8 Å². The van der Waals surface area contributed by atoms with Crippen molar-refractivity contribution in [3.05, 3.63) is 29.6 Å². The molecule has 0 saturated heterocycles. The molecule has 0 aliphatic rings. The van der Waals surface area contributed by atoms with E-state index in [9.17, 15) is 18.8 Å². The number of carboxylic acids is 1. The second-order valence-corrected chi connectivity index (χ2v) is 3.73. The number of carboxylic acid groups (broad SMARTS) is 1. The summed E-state index contributed by atoms with van der Waals surface area (Å²) in [6, 6.07) is 3.36. The highest BCUT2D eigenvalue weighted by molar-refractivity contribution is 5.96. The first-order chi connectivity index (χ1) is 8.82. The molecule has 0 atom stereocenters. The Balaban J connectivity index is 3.31. The maximum Gasteiger partial charge on any atom is 0.337 e. The van der Waals surface area contributed by atoms with E-state index in [0.29, 0.717) is 0 Å². The molecule has 5 N–H and O–H groups in total. The Morgan fingerprint density at radius 1 is 1.16 bits per heavy atom. The van der Waals surface area contributed by atoms with Gasteiger partial charge in [0.1, 0.15) is 5.82 Å². The highest BCUT2D eigenvalue weighted by Gasteiger charge is 2.22. The quantitative estimate of drug-likeness (QED) is 0.629. The van der Waals surface area contributed by atoms with Crippen molar-refractivity contribution in [1.29, 1.82) is 0 Å². The Hall–Kier alpha value is -2.64. The van der Waals surface area contributed by atoms with Crippen molar-refractivity contribution >= 4 is 23.5 Å². The van der Waals surface area contributed by atoms with Crippen LogP contribution in [0.3, 0.4) is 0 Å². The monoisotopic (exact) mass is 269 g/mol. The number of carbonyl (C=O) groups excluding carboxylic acids is 2. The summed E-state index contributed by atoms with van der Waals surface area (Å²) in [5, 5.41) is 8.98. The van der Waals surface area contributed by atoms with Gasteiger partial charge in [0.05, 0.1) is 24.3 Å². The number of rotatable bonds is 6. The van der Waals surface area contributed by atoms with Gasteiger partial charge in [0.25, 0.3) is 0 Å². The Bertz CT molecular complexity index is 517. The normalized spacial score (nSPS) is 9.95. The highest BCUT2D eigenvalue weighted by Crippen LogP contribution is 2.24. The number of aromatic carboxylic acids is 1. The number of hydrogen-bond donors (Lipinski definition) is 3. The lowest BCUT2D eigenvalue weighted by molar-refractivity contribution is -0.117. The number of halogens is 1. The molecule has 0 aliphatic heterocycles. The predicted octanol–water partition coefficient (Wildman–Crippen LogP) is -0.699. The van der Waals surface area contributed by atoms with Crippen molar-refractivity contribution in [2.24, 2.45) is 11.5 Å². The zero-order chi connectivity index (χ0) is 14.6. The minimum Gasteiger partial charge on any atom is -0.478 e. The van der Waals surface area contributed by atoms with Crippen LogP contribution in [0, 0.1) is 5.82 Å². The molecule has 0 fully saturated rings. The maximum atomic E-state index is 13.8. The van der Waals surface area contributed by atoms with Crippen molar-refractivity contribution in [3.8, 4) is 0 Å². The molecule has 0 aliphatic carbocycles. The van der Waals surface area contributed by atoms with Crippen molar-refractivity contribution < 1.29 is 23.9 Å². The maximum absolute atomic E-state index is 13.8. The zero-order valence-electron chi connectivity index (χ0n) is 9.80. The van der Waals surface area contributed by atoms with Gasteiger partial charge < -0.3 is 21.5 Å². The van der Waals surface area contributed by atoms with Gasteiger partial charge in [0, 0.05) is 0 Å². The van der Waals surface area contributed by atoms with Crippen LogP contribution in [0.5, 0.6) is 0 Å². The van der Waals surface area contributed by atoms with Crippen LogP contribution >= 0.6 is 0 Å². The molecule has 1 aromatic carbocycles. The highest BCUT2D eigenvalue weighted by atomic mass is 19.1. The Morgan fingerprint density at radius 3 is 2.11 bits per heavy atom. The van der Waals surface area contributed by atoms with E-state index < -0.39 is 42.4 Å². The van der Waals surface area contributed by atoms with E-state index in [4.69, 9.17) is 16.6 Å². The minimum absolute atomic E-state index is 0.387. The SMILES string of the molecule is NC(=O)CN(CC(N)=O)c1c(F)cccc1C(=O)O. The first-order valence-electron chi connectivity index (χ1n) is 5.16. The number of hydrogen-bond acceptors (Lipinski definition) is 4. The summed E-state index contributed by atoms with van der Waals surface area (Å²) in [7, 11) is 0. The minimum atomic E-state index is -1.39. The molecule has 19 heavy (non-hydrogen) atoms. The molecule has 1 rings (SSSR count). The van der Waals surface area contributed by atoms with Gasteiger partial charge in [0.15, 0.2) is 0 Å². The van der Waals surface area contributed by atoms with Crippen molar-refractivity contribution in [3.63, 3.8) is 0 Å². The molecule has 0 aromatic heterocycles. The van der Waals surface area contributed by atoms with Crippen LogP contribution in [0.2, 0.25) is 0 Å². The number of amides is 2. The summed E-state index contributed by atoms with van der Waals surface area (Å²) in [5.74, 6) is -3.97. The zero-order valence-corrected chi connectivity index (χ0v) is 9.80. The van der Waals surface area contributed by atoms with Crippen molar-refractivity contribution in [2.75, 3.05) is 18.0 Å². The van der Waals surface area contributed by atoms with Crippen LogP contribution in [0.25, 0.3) is 0 Å². The first-order valence-corrected chi connectivity index (χ1v) is 5.16. The van der Waals surface area contributed by atoms with E-state index in [2.05, 4.69) is 0 Å². The van der Waals surface area contributed by atoms with Gasteiger partial charge in [-0.25, -0.2) is 9.18 Å². The summed E-state index contributed by atoms with van der Waals surface area (Å²) in [5.41, 5.74) is 9.18. The van der Waals surface area contributed by atoms with E-state index in [-0.39, 0.29) is 5.56 Å². The lowest BCUT2D eigenvalue weighted by Crippen LogP contribution is -2.40. The van der Waals surface area contributed by atoms with Gasteiger partial charge in [-0.1, -0.05) is 6.07 Å². The summed E-state index contributed by atoms with van der Waals surface area (Å²) in [6.07, 6.45) is 0. The molecular weight excluding hydrogens is 257 g/mol. The first kappa shape index (κ1) is 14.4. The van der Waals surface area contributed by atoms with Crippen molar-refractivity contribution in [2.45, 2.75) is 0 Å². The topological polar surface area (TPSA) is 127 Å². The molecular formula is C11H12FN3O4. The van der Waals surface area contributed by atoms with Crippen LogP contribution in [-0.2, 0) is 9.59 Å². The van der Waals surface area contributed by atoms with E-state index in [0.717, 1.165) is 17.0 Å². The summed E-state index contributed by atoms with van der Waals surface area (Å²) < 4.78 is 13.8. The van der Waals surface area contributed by atoms with Crippen LogP contribution in [0.15, 0.2) is 18.2 Å². The van der Waals surface area contributed by atoms with Gasteiger partial charge >= 0.3 is 5.97 Å². The third kappa shape index (κ3) is 3.66. The predicted molar refractivity (Wildman–Crippen MR) is 64.0 cm³/mol. The number of para-hydroxylation sites is 1. The Morgan fingerprint density at radius 2 is 1.68 bits per heavy atom. The third-order valence-corrected chi connectivity index (χ3v) is 2.23. The standard InChI is InChI=1S/C11H12FN3O4/c12-7-3-1-2-6(11(18)19)10(7)15(4-8(13)16)5-9(14)17/h1-3H,4-5H2,(H2,13,16)(H2,14,17)(H,18,19).